The van der Waals surface area contributed by atoms with Crippen LogP contribution in [-0.4, -0.2) is 56.6 Å². The van der Waals surface area contributed by atoms with E-state index in [0.29, 0.717) is 38.0 Å². The molecule has 0 radical (unpaired) electrons. The Kier molecular flexibility index (Phi) is 43.0. The number of ether oxygens (including phenoxy) is 2. The summed E-state index contributed by atoms with van der Waals surface area (Å²) in [4.78, 5) is 37.2. The Hall–Kier alpha value is -1.52. The van der Waals surface area contributed by atoms with E-state index in [1.165, 1.54) is 103 Å². The van der Waals surface area contributed by atoms with Crippen LogP contribution in [0.1, 0.15) is 219 Å². The molecule has 0 saturated heterocycles. The van der Waals surface area contributed by atoms with Crippen LogP contribution >= 0.6 is 7.92 Å². The van der Waals surface area contributed by atoms with Gasteiger partial charge in [0.1, 0.15) is 13.2 Å². The molecule has 0 atom stereocenters. The fraction of sp³-hybridized carbons (Fsp3) is 0.851. The van der Waals surface area contributed by atoms with Crippen molar-refractivity contribution in [2.24, 2.45) is 0 Å². The lowest BCUT2D eigenvalue weighted by atomic mass is 10.1. The van der Waals surface area contributed by atoms with Gasteiger partial charge in [-0.1, -0.05) is 167 Å². The number of hydrogen-bond acceptors (Lipinski definition) is 6. The Bertz CT molecular complexity index is 831. The highest BCUT2D eigenvalue weighted by Gasteiger charge is 2.17. The first-order valence-corrected chi connectivity index (χ1v) is 24.8. The van der Waals surface area contributed by atoms with Crippen LogP contribution < -0.4 is 5.32 Å². The molecule has 0 unspecified atom stereocenters. The summed E-state index contributed by atoms with van der Waals surface area (Å²) in [5.74, 6) is -0.177. The molecule has 0 bridgehead atoms. The second-order valence-corrected chi connectivity index (χ2v) is 17.9. The van der Waals surface area contributed by atoms with E-state index >= 15 is 0 Å². The van der Waals surface area contributed by atoms with E-state index in [4.69, 9.17) is 9.47 Å². The second-order valence-electron chi connectivity index (χ2n) is 15.5. The molecule has 0 saturated carbocycles. The zero-order valence-corrected chi connectivity index (χ0v) is 36.9. The highest BCUT2D eigenvalue weighted by molar-refractivity contribution is 7.74. The molecule has 316 valence electrons. The van der Waals surface area contributed by atoms with Gasteiger partial charge in [-0.15, -0.1) is 0 Å². The van der Waals surface area contributed by atoms with Gasteiger partial charge < -0.3 is 14.8 Å². The largest absolute Gasteiger partial charge is 0.461 e. The van der Waals surface area contributed by atoms with E-state index in [1.54, 1.807) is 0 Å². The van der Waals surface area contributed by atoms with Crippen LogP contribution in [0.3, 0.4) is 0 Å². The minimum atomic E-state index is -0.573. The first-order valence-electron chi connectivity index (χ1n) is 23.1. The lowest BCUT2D eigenvalue weighted by Gasteiger charge is -2.16. The van der Waals surface area contributed by atoms with Crippen LogP contribution in [0.25, 0.3) is 0 Å². The smallest absolute Gasteiger partial charge is 0.306 e. The maximum Gasteiger partial charge on any atom is 0.306 e. The third-order valence-electron chi connectivity index (χ3n) is 10.3. The number of hydrogen-bond donors (Lipinski definition) is 1. The van der Waals surface area contributed by atoms with Crippen molar-refractivity contribution in [1.29, 1.82) is 0 Å². The van der Waals surface area contributed by atoms with E-state index in [0.717, 1.165) is 102 Å². The average Bonchev–Trinajstić information content (AvgIpc) is 3.17. The summed E-state index contributed by atoms with van der Waals surface area (Å²) in [5.41, 5.74) is 0.490. The SMILES string of the molecule is CCCCCCCCCC/C=C\COC(=O)CCCCCCCP(CCCCCCCC(=O)OC/C=C\CCCCCCCCCC)C(=O)CCCNC. The molecule has 54 heavy (non-hydrogen) atoms. The third kappa shape index (κ3) is 40.2. The summed E-state index contributed by atoms with van der Waals surface area (Å²) in [7, 11) is 1.37. The number of unbranched alkanes of at least 4 members (excludes halogenated alkanes) is 24. The number of carbonyl (C=O) groups is 3. The fourth-order valence-electron chi connectivity index (χ4n) is 6.73. The van der Waals surface area contributed by atoms with Crippen molar-refractivity contribution >= 4 is 25.4 Å². The standard InChI is InChI=1S/C47H88NO5P/c1-4-6-8-10-12-14-16-18-20-26-32-41-52-45(49)37-30-24-22-28-34-43-54(47(51)39-36-40-48-3)44-35-29-23-25-31-38-46(50)53-42-33-27-21-19-17-15-13-11-9-7-5-2/h26-27,32-33,48H,4-25,28-31,34-44H2,1-3H3/b32-26-,33-27-. The molecule has 0 aromatic heterocycles. The van der Waals surface area contributed by atoms with Gasteiger partial charge in [-0.25, -0.2) is 0 Å². The van der Waals surface area contributed by atoms with E-state index in [-0.39, 0.29) is 11.9 Å². The van der Waals surface area contributed by atoms with Gasteiger partial charge in [-0.05, 0) is 91.6 Å². The first-order chi connectivity index (χ1) is 26.5. The van der Waals surface area contributed by atoms with Crippen LogP contribution in [0.5, 0.6) is 0 Å². The molecule has 6 nitrogen and oxygen atoms in total. The minimum Gasteiger partial charge on any atom is -0.461 e. The maximum absolute atomic E-state index is 13.0. The normalized spacial score (nSPS) is 11.7. The molecule has 0 rings (SSSR count). The van der Waals surface area contributed by atoms with Crippen molar-refractivity contribution in [2.45, 2.75) is 219 Å². The van der Waals surface area contributed by atoms with E-state index in [1.807, 2.05) is 19.2 Å². The number of carbonyl (C=O) groups excluding carboxylic acids is 3. The minimum absolute atomic E-state index is 0.0883. The Labute approximate surface area is 336 Å². The number of nitrogens with one attached hydrogen (secondary N) is 1. The van der Waals surface area contributed by atoms with Gasteiger partial charge >= 0.3 is 11.9 Å². The summed E-state index contributed by atoms with van der Waals surface area (Å²) < 4.78 is 10.8. The van der Waals surface area contributed by atoms with Gasteiger partial charge in [0.15, 0.2) is 5.52 Å². The monoisotopic (exact) mass is 778 g/mol. The predicted octanol–water partition coefficient (Wildman–Crippen LogP) is 13.9. The molecule has 1 N–H and O–H groups in total. The molecule has 0 spiro atoms. The highest BCUT2D eigenvalue weighted by Crippen LogP contribution is 2.40. The lowest BCUT2D eigenvalue weighted by Crippen LogP contribution is -2.10. The van der Waals surface area contributed by atoms with Crippen molar-refractivity contribution in [3.63, 3.8) is 0 Å². The van der Waals surface area contributed by atoms with Gasteiger partial charge in [-0.3, -0.25) is 14.4 Å². The predicted molar refractivity (Wildman–Crippen MR) is 235 cm³/mol. The van der Waals surface area contributed by atoms with Crippen molar-refractivity contribution < 1.29 is 23.9 Å². The lowest BCUT2D eigenvalue weighted by molar-refractivity contribution is -0.143. The van der Waals surface area contributed by atoms with Crippen LogP contribution in [0, 0.1) is 0 Å². The van der Waals surface area contributed by atoms with Gasteiger partial charge in [0.2, 0.25) is 0 Å². The van der Waals surface area contributed by atoms with Crippen LogP contribution in [-0.2, 0) is 23.9 Å². The van der Waals surface area contributed by atoms with E-state index in [9.17, 15) is 14.4 Å². The zero-order chi connectivity index (χ0) is 39.4. The molecule has 0 aromatic rings. The topological polar surface area (TPSA) is 81.7 Å². The van der Waals surface area contributed by atoms with Gasteiger partial charge in [0, 0.05) is 19.3 Å². The summed E-state index contributed by atoms with van der Waals surface area (Å²) >= 11 is 0. The quantitative estimate of drug-likeness (QED) is 0.0287. The second kappa shape index (κ2) is 44.2. The Morgan fingerprint density at radius 3 is 1.22 bits per heavy atom. The Morgan fingerprint density at radius 1 is 0.444 bits per heavy atom. The molecule has 0 fully saturated rings. The molecule has 0 aliphatic carbocycles. The average molecular weight is 778 g/mol. The van der Waals surface area contributed by atoms with E-state index in [2.05, 4.69) is 31.3 Å². The molecular weight excluding hydrogens is 689 g/mol. The molecule has 0 amide bonds. The fourth-order valence-corrected chi connectivity index (χ4v) is 9.14. The van der Waals surface area contributed by atoms with Crippen molar-refractivity contribution in [2.75, 3.05) is 39.1 Å². The maximum atomic E-state index is 13.0. The van der Waals surface area contributed by atoms with Crippen LogP contribution in [0.15, 0.2) is 24.3 Å². The number of allylic oxidation sites excluding steroid dienone is 2. The number of esters is 2. The molecule has 0 heterocycles. The third-order valence-corrected chi connectivity index (χ3v) is 12.9. The van der Waals surface area contributed by atoms with Crippen molar-refractivity contribution in [1.82, 2.24) is 5.32 Å². The summed E-state index contributed by atoms with van der Waals surface area (Å²) in [6.45, 7) is 6.21. The summed E-state index contributed by atoms with van der Waals surface area (Å²) in [5, 5.41) is 3.17. The Morgan fingerprint density at radius 2 is 0.815 bits per heavy atom. The first kappa shape index (κ1) is 52.5. The van der Waals surface area contributed by atoms with Crippen molar-refractivity contribution in [3.05, 3.63) is 24.3 Å². The molecule has 0 aromatic carbocycles. The molecule has 0 aliphatic rings. The van der Waals surface area contributed by atoms with Gasteiger partial charge in [0.05, 0.1) is 0 Å². The Balaban J connectivity index is 3.92. The van der Waals surface area contributed by atoms with Crippen LogP contribution in [0.2, 0.25) is 0 Å². The van der Waals surface area contributed by atoms with E-state index < -0.39 is 7.92 Å². The summed E-state index contributed by atoms with van der Waals surface area (Å²) in [6.07, 6.45) is 47.0. The number of rotatable bonds is 43. The van der Waals surface area contributed by atoms with Gasteiger partial charge in [-0.2, -0.15) is 0 Å². The summed E-state index contributed by atoms with van der Waals surface area (Å²) in [6, 6.07) is 0. The van der Waals surface area contributed by atoms with Crippen LogP contribution in [0.4, 0.5) is 0 Å². The highest BCUT2D eigenvalue weighted by atomic mass is 31.1. The van der Waals surface area contributed by atoms with Crippen molar-refractivity contribution in [3.8, 4) is 0 Å². The zero-order valence-electron chi connectivity index (χ0n) is 36.0. The molecule has 7 heteroatoms. The molecular formula is C47H88NO5P. The van der Waals surface area contributed by atoms with Gasteiger partial charge in [0.25, 0.3) is 0 Å². The molecule has 0 aliphatic heterocycles.